The Kier molecular flexibility index (Phi) is 5.18. The summed E-state index contributed by atoms with van der Waals surface area (Å²) < 4.78 is 0. The number of hydrogen-bond acceptors (Lipinski definition) is 4. The molecule has 0 bridgehead atoms. The summed E-state index contributed by atoms with van der Waals surface area (Å²) in [6, 6.07) is 16.9. The summed E-state index contributed by atoms with van der Waals surface area (Å²) in [4.78, 5) is 32.4. The molecule has 0 aliphatic carbocycles. The maximum absolute atomic E-state index is 13.4. The lowest BCUT2D eigenvalue weighted by molar-refractivity contribution is -0.120. The van der Waals surface area contributed by atoms with Crippen molar-refractivity contribution in [3.8, 4) is 0 Å². The molecule has 2 amide bonds. The van der Waals surface area contributed by atoms with Gasteiger partial charge in [-0.25, -0.2) is 0 Å². The van der Waals surface area contributed by atoms with Gasteiger partial charge in [0.15, 0.2) is 0 Å². The van der Waals surface area contributed by atoms with Crippen molar-refractivity contribution in [1.29, 1.82) is 0 Å². The molecule has 1 aliphatic rings. The van der Waals surface area contributed by atoms with Crippen LogP contribution in [-0.2, 0) is 17.8 Å². The first-order chi connectivity index (χ1) is 14.0. The molecular weight excluding hydrogens is 388 g/mol. The first kappa shape index (κ1) is 19.0. The number of halogens is 1. The second kappa shape index (κ2) is 7.93. The molecule has 1 aliphatic heterocycles. The van der Waals surface area contributed by atoms with Gasteiger partial charge in [-0.15, -0.1) is 0 Å². The zero-order valence-corrected chi connectivity index (χ0v) is 16.3. The summed E-state index contributed by atoms with van der Waals surface area (Å²) in [5.41, 5.74) is 8.88. The average Bonchev–Trinajstić information content (AvgIpc) is 2.79. The van der Waals surface area contributed by atoms with Crippen molar-refractivity contribution < 1.29 is 9.59 Å². The van der Waals surface area contributed by atoms with Gasteiger partial charge in [-0.05, 0) is 48.0 Å². The molecule has 2 aromatic carbocycles. The third-order valence-electron chi connectivity index (χ3n) is 4.84. The molecule has 0 unspecified atom stereocenters. The first-order valence-corrected chi connectivity index (χ1v) is 9.55. The van der Waals surface area contributed by atoms with Crippen molar-refractivity contribution in [2.24, 2.45) is 0 Å². The first-order valence-electron chi connectivity index (χ1n) is 9.17. The highest BCUT2D eigenvalue weighted by atomic mass is 35.5. The lowest BCUT2D eigenvalue weighted by Crippen LogP contribution is -2.46. The Hall–Kier alpha value is -3.38. The van der Waals surface area contributed by atoms with Crippen LogP contribution in [0.5, 0.6) is 0 Å². The van der Waals surface area contributed by atoms with Gasteiger partial charge in [-0.3, -0.25) is 14.6 Å². The van der Waals surface area contributed by atoms with Crippen molar-refractivity contribution in [3.05, 3.63) is 88.7 Å². The van der Waals surface area contributed by atoms with Crippen LogP contribution in [0, 0.1) is 0 Å². The Morgan fingerprint density at radius 2 is 1.93 bits per heavy atom. The minimum atomic E-state index is -0.731. The molecule has 7 heteroatoms. The number of nitrogens with zero attached hydrogens (tertiary/aromatic N) is 2. The molecule has 0 radical (unpaired) electrons. The van der Waals surface area contributed by atoms with Crippen LogP contribution in [-0.4, -0.2) is 27.7 Å². The quantitative estimate of drug-likeness (QED) is 0.649. The SMILES string of the molecule is Nc1cccc(CN2C(=O)c3ccc(Cl)cc3NC(=O)[C@H]2Cc2ccccn2)c1. The number of aromatic nitrogens is 1. The normalized spacial score (nSPS) is 16.2. The molecule has 3 aromatic rings. The van der Waals surface area contributed by atoms with Gasteiger partial charge in [0, 0.05) is 35.6 Å². The number of fused-ring (bicyclic) bond motifs is 1. The van der Waals surface area contributed by atoms with Gasteiger partial charge in [0.05, 0.1) is 11.3 Å². The minimum absolute atomic E-state index is 0.247. The number of amides is 2. The molecule has 29 heavy (non-hydrogen) atoms. The van der Waals surface area contributed by atoms with E-state index in [0.717, 1.165) is 11.3 Å². The monoisotopic (exact) mass is 406 g/mol. The standard InChI is InChI=1S/C22H19ClN4O2/c23-15-7-8-18-19(11-15)26-21(28)20(12-17-6-1-2-9-25-17)27(22(18)29)13-14-4-3-5-16(24)10-14/h1-11,20H,12-13,24H2,(H,26,28)/t20-/m1/s1. The second-order valence-electron chi connectivity index (χ2n) is 6.90. The molecule has 3 N–H and O–H groups in total. The van der Waals surface area contributed by atoms with Crippen LogP contribution in [0.15, 0.2) is 66.9 Å². The predicted molar refractivity (Wildman–Crippen MR) is 113 cm³/mol. The van der Waals surface area contributed by atoms with E-state index in [1.165, 1.54) is 0 Å². The molecule has 0 saturated heterocycles. The van der Waals surface area contributed by atoms with Crippen LogP contribution in [0.1, 0.15) is 21.6 Å². The van der Waals surface area contributed by atoms with Crippen molar-refractivity contribution in [2.75, 3.05) is 11.1 Å². The van der Waals surface area contributed by atoms with Crippen LogP contribution < -0.4 is 11.1 Å². The Balaban J connectivity index is 1.76. The Morgan fingerprint density at radius 1 is 1.07 bits per heavy atom. The number of rotatable bonds is 4. The number of benzene rings is 2. The summed E-state index contributed by atoms with van der Waals surface area (Å²) in [6.45, 7) is 0.247. The molecule has 0 fully saturated rings. The molecule has 1 aromatic heterocycles. The van der Waals surface area contributed by atoms with Gasteiger partial charge in [0.2, 0.25) is 5.91 Å². The van der Waals surface area contributed by atoms with E-state index < -0.39 is 6.04 Å². The summed E-state index contributed by atoms with van der Waals surface area (Å²) in [6.07, 6.45) is 1.96. The van der Waals surface area contributed by atoms with Gasteiger partial charge >= 0.3 is 0 Å². The number of carbonyl (C=O) groups is 2. The molecule has 4 rings (SSSR count). The van der Waals surface area contributed by atoms with Gasteiger partial charge in [0.25, 0.3) is 5.91 Å². The topological polar surface area (TPSA) is 88.3 Å². The fourth-order valence-corrected chi connectivity index (χ4v) is 3.62. The average molecular weight is 407 g/mol. The van der Waals surface area contributed by atoms with Gasteiger partial charge in [-0.2, -0.15) is 0 Å². The zero-order chi connectivity index (χ0) is 20.4. The maximum atomic E-state index is 13.4. The third-order valence-corrected chi connectivity index (χ3v) is 5.08. The predicted octanol–water partition coefficient (Wildman–Crippen LogP) is 3.52. The fourth-order valence-electron chi connectivity index (χ4n) is 3.45. The van der Waals surface area contributed by atoms with Crippen LogP contribution in [0.4, 0.5) is 11.4 Å². The van der Waals surface area contributed by atoms with E-state index in [1.807, 2.05) is 30.3 Å². The van der Waals surface area contributed by atoms with Crippen molar-refractivity contribution >= 4 is 34.8 Å². The molecule has 1 atom stereocenters. The zero-order valence-electron chi connectivity index (χ0n) is 15.5. The van der Waals surface area contributed by atoms with Crippen LogP contribution >= 0.6 is 11.6 Å². The molecule has 146 valence electrons. The van der Waals surface area contributed by atoms with Crippen molar-refractivity contribution in [1.82, 2.24) is 9.88 Å². The maximum Gasteiger partial charge on any atom is 0.256 e. The molecule has 2 heterocycles. The van der Waals surface area contributed by atoms with Gasteiger partial charge in [0.1, 0.15) is 6.04 Å². The highest BCUT2D eigenvalue weighted by molar-refractivity contribution is 6.31. The van der Waals surface area contributed by atoms with Gasteiger partial charge in [-0.1, -0.05) is 29.8 Å². The van der Waals surface area contributed by atoms with Crippen molar-refractivity contribution in [3.63, 3.8) is 0 Å². The number of nitrogen functional groups attached to an aromatic ring is 1. The summed E-state index contributed by atoms with van der Waals surface area (Å²) in [7, 11) is 0. The Labute approximate surface area is 173 Å². The van der Waals surface area contributed by atoms with E-state index in [1.54, 1.807) is 41.4 Å². The molecule has 6 nitrogen and oxygen atoms in total. The summed E-state index contributed by atoms with van der Waals surface area (Å²) in [5.74, 6) is -0.535. The van der Waals surface area contributed by atoms with Crippen LogP contribution in [0.2, 0.25) is 5.02 Å². The number of nitrogens with one attached hydrogen (secondary N) is 1. The van der Waals surface area contributed by atoms with Crippen LogP contribution in [0.3, 0.4) is 0 Å². The second-order valence-corrected chi connectivity index (χ2v) is 7.33. The summed E-state index contributed by atoms with van der Waals surface area (Å²) in [5, 5.41) is 3.30. The minimum Gasteiger partial charge on any atom is -0.399 e. The van der Waals surface area contributed by atoms with E-state index in [9.17, 15) is 9.59 Å². The third kappa shape index (κ3) is 4.07. The van der Waals surface area contributed by atoms with E-state index in [0.29, 0.717) is 28.4 Å². The fraction of sp³-hybridized carbons (Fsp3) is 0.136. The molecule has 0 saturated carbocycles. The summed E-state index contributed by atoms with van der Waals surface area (Å²) >= 11 is 6.07. The van der Waals surface area contributed by atoms with Crippen LogP contribution in [0.25, 0.3) is 0 Å². The largest absolute Gasteiger partial charge is 0.399 e. The number of anilines is 2. The van der Waals surface area contributed by atoms with Crippen molar-refractivity contribution in [2.45, 2.75) is 19.0 Å². The number of pyridine rings is 1. The van der Waals surface area contributed by atoms with E-state index in [4.69, 9.17) is 17.3 Å². The van der Waals surface area contributed by atoms with E-state index in [-0.39, 0.29) is 18.4 Å². The number of hydrogen-bond donors (Lipinski definition) is 2. The Morgan fingerprint density at radius 3 is 2.69 bits per heavy atom. The molecular formula is C22H19ClN4O2. The van der Waals surface area contributed by atoms with Gasteiger partial charge < -0.3 is 16.0 Å². The Bertz CT molecular complexity index is 1070. The lowest BCUT2D eigenvalue weighted by Gasteiger charge is -2.28. The highest BCUT2D eigenvalue weighted by Crippen LogP contribution is 2.28. The smallest absolute Gasteiger partial charge is 0.256 e. The lowest BCUT2D eigenvalue weighted by atomic mass is 10.1. The number of nitrogens with two attached hydrogens (primary N) is 1. The molecule has 0 spiro atoms. The van der Waals surface area contributed by atoms with E-state index >= 15 is 0 Å². The van der Waals surface area contributed by atoms with E-state index in [2.05, 4.69) is 10.3 Å². The highest BCUT2D eigenvalue weighted by Gasteiger charge is 2.35. The number of carbonyl (C=O) groups excluding carboxylic acids is 2.